The first kappa shape index (κ1) is 27.4. The summed E-state index contributed by atoms with van der Waals surface area (Å²) in [5.41, 5.74) is 1.09. The predicted octanol–water partition coefficient (Wildman–Crippen LogP) is 3.56. The van der Waals surface area contributed by atoms with Crippen molar-refractivity contribution in [2.45, 2.75) is 30.0 Å². The lowest BCUT2D eigenvalue weighted by atomic mass is 10.1. The van der Waals surface area contributed by atoms with Gasteiger partial charge in [-0.2, -0.15) is 0 Å². The van der Waals surface area contributed by atoms with Crippen molar-refractivity contribution in [2.24, 2.45) is 0 Å². The van der Waals surface area contributed by atoms with Gasteiger partial charge < -0.3 is 14.2 Å². The summed E-state index contributed by atoms with van der Waals surface area (Å²) < 4.78 is 60.1. The van der Waals surface area contributed by atoms with Crippen molar-refractivity contribution in [1.29, 1.82) is 0 Å². The Morgan fingerprint density at radius 1 is 1.15 bits per heavy atom. The summed E-state index contributed by atoms with van der Waals surface area (Å²) in [6.07, 6.45) is 6.71. The molecule has 214 valence electrons. The fourth-order valence-electron chi connectivity index (χ4n) is 5.14. The molecule has 2 fully saturated rings. The van der Waals surface area contributed by atoms with Crippen LogP contribution in [0.2, 0.25) is 5.02 Å². The molecule has 1 aromatic carbocycles. The van der Waals surface area contributed by atoms with E-state index < -0.39 is 15.8 Å². The number of halogens is 2. The minimum absolute atomic E-state index is 0.00251. The van der Waals surface area contributed by atoms with Crippen molar-refractivity contribution >= 4 is 33.0 Å². The minimum Gasteiger partial charge on any atom is -0.485 e. The van der Waals surface area contributed by atoms with Crippen molar-refractivity contribution < 1.29 is 27.0 Å². The number of nitrogens with one attached hydrogen (secondary N) is 1. The van der Waals surface area contributed by atoms with Crippen LogP contribution in [0.1, 0.15) is 12.8 Å². The highest BCUT2D eigenvalue weighted by Gasteiger charge is 2.40. The quantitative estimate of drug-likeness (QED) is 0.307. The maximum atomic E-state index is 13.5. The first-order valence-corrected chi connectivity index (χ1v) is 14.6. The average Bonchev–Trinajstić information content (AvgIpc) is 3.53. The third-order valence-corrected chi connectivity index (χ3v) is 9.00. The molecule has 3 aromatic heterocycles. The molecule has 2 atom stereocenters. The van der Waals surface area contributed by atoms with Crippen molar-refractivity contribution in [3.63, 3.8) is 0 Å². The van der Waals surface area contributed by atoms with Gasteiger partial charge in [-0.3, -0.25) is 18.8 Å². The molecule has 6 rings (SSSR count). The number of anilines is 1. The van der Waals surface area contributed by atoms with E-state index >= 15 is 0 Å². The Bertz CT molecular complexity index is 1780. The SMILES string of the molecule is COc1ncc(-c2ccc3ncc(OCCN4C5CCC4OC5)c(=O)n3c2)cc1NS(=O)(=O)c1ccc(F)cc1Cl. The van der Waals surface area contributed by atoms with Crippen LogP contribution in [0.5, 0.6) is 11.6 Å². The number of nitrogens with zero attached hydrogens (tertiary/aromatic N) is 4. The number of methoxy groups -OCH3 is 1. The second kappa shape index (κ2) is 10.9. The Morgan fingerprint density at radius 3 is 2.71 bits per heavy atom. The van der Waals surface area contributed by atoms with E-state index in [4.69, 9.17) is 25.8 Å². The lowest BCUT2D eigenvalue weighted by molar-refractivity contribution is 0.0330. The van der Waals surface area contributed by atoms with E-state index in [1.54, 1.807) is 18.3 Å². The number of aromatic nitrogens is 3. The van der Waals surface area contributed by atoms with Crippen molar-refractivity contribution in [1.82, 2.24) is 19.3 Å². The molecule has 0 amide bonds. The number of ether oxygens (including phenoxy) is 3. The monoisotopic (exact) mass is 601 g/mol. The molecule has 1 N–H and O–H groups in total. The normalized spacial score (nSPS) is 18.6. The highest BCUT2D eigenvalue weighted by Crippen LogP contribution is 2.33. The van der Waals surface area contributed by atoms with Crippen LogP contribution in [-0.2, 0) is 14.8 Å². The summed E-state index contributed by atoms with van der Waals surface area (Å²) in [5, 5.41) is -0.277. The molecule has 0 radical (unpaired) electrons. The van der Waals surface area contributed by atoms with Gasteiger partial charge in [0.2, 0.25) is 11.6 Å². The highest BCUT2D eigenvalue weighted by molar-refractivity contribution is 7.92. The zero-order valence-electron chi connectivity index (χ0n) is 21.8. The van der Waals surface area contributed by atoms with Crippen molar-refractivity contribution in [2.75, 3.05) is 31.6 Å². The third-order valence-electron chi connectivity index (χ3n) is 7.15. The van der Waals surface area contributed by atoms with Gasteiger partial charge in [-0.1, -0.05) is 11.6 Å². The smallest absolute Gasteiger partial charge is 0.300 e. The number of sulfonamides is 1. The molecule has 2 unspecified atom stereocenters. The molecule has 2 aliphatic heterocycles. The second-order valence-electron chi connectivity index (χ2n) is 9.64. The Hall–Kier alpha value is -3.78. The molecule has 11 nitrogen and oxygen atoms in total. The van der Waals surface area contributed by atoms with Gasteiger partial charge in [0.15, 0.2) is 0 Å². The Balaban J connectivity index is 1.26. The largest absolute Gasteiger partial charge is 0.485 e. The standard InChI is InChI=1S/C27H25ClFN5O6S/c1-38-26-21(32-41(36,37)23-5-3-18(29)11-20(23)28)10-17(12-31-26)16-2-6-24-30-13-22(27(35)34(24)14-16)39-9-8-33-19-4-7-25(33)40-15-19/h2-3,5-6,10-14,19,25,32H,4,7-9,15H2,1H3. The first-order chi connectivity index (χ1) is 19.7. The van der Waals surface area contributed by atoms with Gasteiger partial charge >= 0.3 is 0 Å². The maximum absolute atomic E-state index is 13.5. The summed E-state index contributed by atoms with van der Waals surface area (Å²) >= 11 is 5.98. The topological polar surface area (TPSA) is 124 Å². The Labute approximate surface area is 239 Å². The average molecular weight is 602 g/mol. The molecule has 2 aliphatic rings. The molecule has 4 aromatic rings. The van der Waals surface area contributed by atoms with Crippen LogP contribution in [0.4, 0.5) is 10.1 Å². The van der Waals surface area contributed by atoms with Crippen LogP contribution in [0, 0.1) is 5.82 Å². The fourth-order valence-corrected chi connectivity index (χ4v) is 6.72. The fraction of sp³-hybridized carbons (Fsp3) is 0.296. The lowest BCUT2D eigenvalue weighted by Gasteiger charge is -2.19. The van der Waals surface area contributed by atoms with E-state index in [2.05, 4.69) is 19.6 Å². The number of rotatable bonds is 9. The van der Waals surface area contributed by atoms with Gasteiger partial charge in [0, 0.05) is 36.1 Å². The van der Waals surface area contributed by atoms with Crippen LogP contribution in [0.15, 0.2) is 64.7 Å². The summed E-state index contributed by atoms with van der Waals surface area (Å²) in [4.78, 5) is 23.8. The zero-order valence-corrected chi connectivity index (χ0v) is 23.4. The molecule has 0 aliphatic carbocycles. The number of benzene rings is 1. The summed E-state index contributed by atoms with van der Waals surface area (Å²) in [6.45, 7) is 1.71. The van der Waals surface area contributed by atoms with E-state index in [-0.39, 0.29) is 39.0 Å². The summed E-state index contributed by atoms with van der Waals surface area (Å²) in [7, 11) is -2.88. The molecule has 2 bridgehead atoms. The van der Waals surface area contributed by atoms with Gasteiger partial charge in [0.1, 0.15) is 34.9 Å². The van der Waals surface area contributed by atoms with E-state index in [0.717, 1.165) is 37.6 Å². The van der Waals surface area contributed by atoms with Crippen LogP contribution < -0.4 is 19.8 Å². The number of fused-ring (bicyclic) bond motifs is 3. The zero-order chi connectivity index (χ0) is 28.7. The van der Waals surface area contributed by atoms with Gasteiger partial charge in [-0.25, -0.2) is 22.8 Å². The summed E-state index contributed by atoms with van der Waals surface area (Å²) in [5.74, 6) is -0.551. The van der Waals surface area contributed by atoms with E-state index in [1.807, 2.05) is 0 Å². The summed E-state index contributed by atoms with van der Waals surface area (Å²) in [6, 6.07) is 8.27. The molecular weight excluding hydrogens is 577 g/mol. The Kier molecular flexibility index (Phi) is 7.28. The molecule has 5 heterocycles. The van der Waals surface area contributed by atoms with Crippen LogP contribution in [-0.4, -0.2) is 66.8 Å². The van der Waals surface area contributed by atoms with Gasteiger partial charge in [0.05, 0.1) is 24.9 Å². The van der Waals surface area contributed by atoms with E-state index in [9.17, 15) is 17.6 Å². The van der Waals surface area contributed by atoms with E-state index in [1.165, 1.54) is 30.0 Å². The molecule has 0 saturated carbocycles. The lowest BCUT2D eigenvalue weighted by Crippen LogP contribution is -2.34. The highest BCUT2D eigenvalue weighted by atomic mass is 35.5. The number of pyridine rings is 2. The molecule has 0 spiro atoms. The van der Waals surface area contributed by atoms with Gasteiger partial charge in [-0.15, -0.1) is 0 Å². The first-order valence-electron chi connectivity index (χ1n) is 12.8. The van der Waals surface area contributed by atoms with Gasteiger partial charge in [0.25, 0.3) is 15.6 Å². The van der Waals surface area contributed by atoms with Gasteiger partial charge in [-0.05, 0) is 49.2 Å². The van der Waals surface area contributed by atoms with E-state index in [0.29, 0.717) is 36.0 Å². The molecule has 2 saturated heterocycles. The third kappa shape index (κ3) is 5.33. The second-order valence-corrected chi connectivity index (χ2v) is 11.7. The number of hydrogen-bond donors (Lipinski definition) is 1. The van der Waals surface area contributed by atoms with Crippen molar-refractivity contribution in [3.05, 3.63) is 76.2 Å². The van der Waals surface area contributed by atoms with Crippen LogP contribution in [0.25, 0.3) is 16.8 Å². The molecule has 41 heavy (non-hydrogen) atoms. The maximum Gasteiger partial charge on any atom is 0.300 e. The predicted molar refractivity (Wildman–Crippen MR) is 148 cm³/mol. The molecule has 14 heteroatoms. The Morgan fingerprint density at radius 2 is 2.00 bits per heavy atom. The number of hydrogen-bond acceptors (Lipinski definition) is 9. The van der Waals surface area contributed by atoms with Crippen LogP contribution >= 0.6 is 11.6 Å². The van der Waals surface area contributed by atoms with Crippen LogP contribution in [0.3, 0.4) is 0 Å². The molecular formula is C27H25ClFN5O6S. The van der Waals surface area contributed by atoms with Crippen molar-refractivity contribution in [3.8, 4) is 22.8 Å². The minimum atomic E-state index is -4.22.